The van der Waals surface area contributed by atoms with Crippen molar-refractivity contribution in [3.63, 3.8) is 0 Å². The monoisotopic (exact) mass is 297 g/mol. The molecule has 2 unspecified atom stereocenters. The molecule has 1 fully saturated rings. The van der Waals surface area contributed by atoms with Gasteiger partial charge in [-0.05, 0) is 33.6 Å². The van der Waals surface area contributed by atoms with Gasteiger partial charge >= 0.3 is 12.0 Å². The van der Waals surface area contributed by atoms with Crippen LogP contribution >= 0.6 is 11.3 Å². The summed E-state index contributed by atoms with van der Waals surface area (Å²) in [6.07, 6.45) is 1.20. The average molecular weight is 297 g/mol. The maximum Gasteiger partial charge on any atom is 0.329 e. The third kappa shape index (κ3) is 2.63. The summed E-state index contributed by atoms with van der Waals surface area (Å²) in [7, 11) is 0. The maximum atomic E-state index is 12.3. The van der Waals surface area contributed by atoms with Crippen LogP contribution < -0.4 is 5.32 Å². The lowest BCUT2D eigenvalue weighted by atomic mass is 10.00. The van der Waals surface area contributed by atoms with Gasteiger partial charge in [-0.25, -0.2) is 14.6 Å². The summed E-state index contributed by atoms with van der Waals surface area (Å²) in [6.45, 7) is 5.82. The van der Waals surface area contributed by atoms with Crippen LogP contribution in [-0.4, -0.2) is 39.1 Å². The Balaban J connectivity index is 2.06. The number of carboxylic acid groups (broad SMARTS) is 1. The topological polar surface area (TPSA) is 82.5 Å². The molecule has 0 radical (unpaired) electrons. The van der Waals surface area contributed by atoms with Gasteiger partial charge in [0.05, 0.1) is 6.04 Å². The van der Waals surface area contributed by atoms with E-state index in [0.29, 0.717) is 19.4 Å². The van der Waals surface area contributed by atoms with E-state index in [1.165, 1.54) is 16.2 Å². The first-order chi connectivity index (χ1) is 9.34. The lowest BCUT2D eigenvalue weighted by molar-refractivity contribution is -0.147. The van der Waals surface area contributed by atoms with Crippen molar-refractivity contribution >= 4 is 23.3 Å². The Bertz CT molecular complexity index is 531. The molecule has 6 nitrogen and oxygen atoms in total. The normalized spacial score (nSPS) is 23.6. The van der Waals surface area contributed by atoms with E-state index in [9.17, 15) is 14.7 Å². The molecule has 2 N–H and O–H groups in total. The van der Waals surface area contributed by atoms with Crippen molar-refractivity contribution in [2.45, 2.75) is 45.2 Å². The lowest BCUT2D eigenvalue weighted by Gasteiger charge is -2.32. The predicted molar refractivity (Wildman–Crippen MR) is 75.8 cm³/mol. The highest BCUT2D eigenvalue weighted by atomic mass is 32.1. The largest absolute Gasteiger partial charge is 0.480 e. The Kier molecular flexibility index (Phi) is 3.99. The molecule has 1 aliphatic rings. The Hall–Kier alpha value is -1.63. The van der Waals surface area contributed by atoms with Crippen molar-refractivity contribution in [2.75, 3.05) is 6.54 Å². The van der Waals surface area contributed by atoms with Gasteiger partial charge in [0.15, 0.2) is 0 Å². The summed E-state index contributed by atoms with van der Waals surface area (Å²) in [5.41, 5.74) is -0.189. The van der Waals surface area contributed by atoms with Gasteiger partial charge in [-0.3, -0.25) is 0 Å². The van der Waals surface area contributed by atoms with Crippen molar-refractivity contribution in [1.29, 1.82) is 0 Å². The summed E-state index contributed by atoms with van der Waals surface area (Å²) < 4.78 is 0. The number of rotatable bonds is 3. The van der Waals surface area contributed by atoms with Gasteiger partial charge in [0.2, 0.25) is 0 Å². The quantitative estimate of drug-likeness (QED) is 0.895. The average Bonchev–Trinajstić information content (AvgIpc) is 2.96. The molecule has 0 aliphatic carbocycles. The van der Waals surface area contributed by atoms with E-state index in [-0.39, 0.29) is 12.1 Å². The Morgan fingerprint density at radius 3 is 2.85 bits per heavy atom. The zero-order valence-corrected chi connectivity index (χ0v) is 12.7. The van der Waals surface area contributed by atoms with Gasteiger partial charge in [0, 0.05) is 17.6 Å². The molecule has 1 saturated heterocycles. The summed E-state index contributed by atoms with van der Waals surface area (Å²) >= 11 is 1.49. The highest BCUT2D eigenvalue weighted by Gasteiger charge is 2.46. The van der Waals surface area contributed by atoms with Crippen LogP contribution in [0.1, 0.15) is 43.4 Å². The SMILES string of the molecule is Cc1csc(C(C)NC(=O)N2CCCC2(C)C(=O)O)n1. The highest BCUT2D eigenvalue weighted by molar-refractivity contribution is 7.09. The van der Waals surface area contributed by atoms with Crippen molar-refractivity contribution in [3.8, 4) is 0 Å². The fraction of sp³-hybridized carbons (Fsp3) is 0.615. The number of amides is 2. The number of hydrogen-bond acceptors (Lipinski definition) is 4. The number of nitrogens with one attached hydrogen (secondary N) is 1. The number of nitrogens with zero attached hydrogens (tertiary/aromatic N) is 2. The smallest absolute Gasteiger partial charge is 0.329 e. The number of aromatic nitrogens is 1. The van der Waals surface area contributed by atoms with Crippen LogP contribution in [-0.2, 0) is 4.79 Å². The first-order valence-electron chi connectivity index (χ1n) is 6.58. The molecule has 2 atom stereocenters. The second-order valence-electron chi connectivity index (χ2n) is 5.33. The number of aryl methyl sites for hydroxylation is 1. The molecule has 0 saturated carbocycles. The van der Waals surface area contributed by atoms with Crippen LogP contribution in [0.3, 0.4) is 0 Å². The molecule has 1 aromatic heterocycles. The molecule has 1 aliphatic heterocycles. The van der Waals surface area contributed by atoms with Crippen LogP contribution in [0.5, 0.6) is 0 Å². The van der Waals surface area contributed by atoms with E-state index in [0.717, 1.165) is 10.7 Å². The molecule has 0 bridgehead atoms. The molecule has 20 heavy (non-hydrogen) atoms. The second kappa shape index (κ2) is 5.40. The summed E-state index contributed by atoms with van der Waals surface area (Å²) in [6, 6.07) is -0.562. The molecule has 1 aromatic rings. The molecular formula is C13H19N3O3S. The minimum absolute atomic E-state index is 0.222. The van der Waals surface area contributed by atoms with Gasteiger partial charge < -0.3 is 15.3 Å². The number of carboxylic acids is 1. The molecular weight excluding hydrogens is 278 g/mol. The van der Waals surface area contributed by atoms with Crippen molar-refractivity contribution in [2.24, 2.45) is 0 Å². The van der Waals surface area contributed by atoms with Crippen LogP contribution in [0.15, 0.2) is 5.38 Å². The van der Waals surface area contributed by atoms with Gasteiger partial charge in [-0.15, -0.1) is 11.3 Å². The second-order valence-corrected chi connectivity index (χ2v) is 6.22. The molecule has 2 heterocycles. The third-order valence-electron chi connectivity index (χ3n) is 3.69. The van der Waals surface area contributed by atoms with Crippen molar-refractivity contribution in [1.82, 2.24) is 15.2 Å². The number of carbonyl (C=O) groups is 2. The lowest BCUT2D eigenvalue weighted by Crippen LogP contribution is -2.54. The predicted octanol–water partition coefficient (Wildman–Crippen LogP) is 2.16. The number of likely N-dealkylation sites (tertiary alicyclic amines) is 1. The molecule has 0 spiro atoms. The van der Waals surface area contributed by atoms with Crippen molar-refractivity contribution < 1.29 is 14.7 Å². The molecule has 7 heteroatoms. The number of urea groups is 1. The standard InChI is InChI=1S/C13H19N3O3S/c1-8-7-20-10(14-8)9(2)15-12(19)16-6-4-5-13(16,3)11(17)18/h7,9H,4-6H2,1-3H3,(H,15,19)(H,17,18). The molecule has 2 amide bonds. The highest BCUT2D eigenvalue weighted by Crippen LogP contribution is 2.29. The molecule has 0 aromatic carbocycles. The van der Waals surface area contributed by atoms with Crippen LogP contribution in [0.4, 0.5) is 4.79 Å². The fourth-order valence-electron chi connectivity index (χ4n) is 2.41. The van der Waals surface area contributed by atoms with Gasteiger partial charge in [-0.1, -0.05) is 0 Å². The third-order valence-corrected chi connectivity index (χ3v) is 4.84. The molecule has 2 rings (SSSR count). The van der Waals surface area contributed by atoms with Gasteiger partial charge in [0.1, 0.15) is 10.5 Å². The van der Waals surface area contributed by atoms with Crippen LogP contribution in [0.25, 0.3) is 0 Å². The van der Waals surface area contributed by atoms with Gasteiger partial charge in [0.25, 0.3) is 0 Å². The van der Waals surface area contributed by atoms with Gasteiger partial charge in [-0.2, -0.15) is 0 Å². The maximum absolute atomic E-state index is 12.3. The summed E-state index contributed by atoms with van der Waals surface area (Å²) in [5, 5.41) is 14.9. The first-order valence-corrected chi connectivity index (χ1v) is 7.46. The fourth-order valence-corrected chi connectivity index (χ4v) is 3.21. The van der Waals surface area contributed by atoms with E-state index in [1.807, 2.05) is 19.2 Å². The van der Waals surface area contributed by atoms with E-state index in [4.69, 9.17) is 0 Å². The van der Waals surface area contributed by atoms with Crippen molar-refractivity contribution in [3.05, 3.63) is 16.1 Å². The number of carbonyl (C=O) groups excluding carboxylic acids is 1. The van der Waals surface area contributed by atoms with E-state index in [1.54, 1.807) is 6.92 Å². The summed E-state index contributed by atoms with van der Waals surface area (Å²) in [5.74, 6) is -0.956. The number of aliphatic carboxylic acids is 1. The Labute approximate surface area is 121 Å². The molecule has 110 valence electrons. The van der Waals surface area contributed by atoms with E-state index < -0.39 is 11.5 Å². The Morgan fingerprint density at radius 1 is 1.60 bits per heavy atom. The zero-order valence-electron chi connectivity index (χ0n) is 11.8. The number of hydrogen-bond donors (Lipinski definition) is 2. The summed E-state index contributed by atoms with van der Waals surface area (Å²) in [4.78, 5) is 29.4. The van der Waals surface area contributed by atoms with E-state index >= 15 is 0 Å². The van der Waals surface area contributed by atoms with Crippen LogP contribution in [0, 0.1) is 6.92 Å². The first kappa shape index (κ1) is 14.8. The number of thiazole rings is 1. The Morgan fingerprint density at radius 2 is 2.30 bits per heavy atom. The zero-order chi connectivity index (χ0) is 14.9. The van der Waals surface area contributed by atoms with Crippen LogP contribution in [0.2, 0.25) is 0 Å². The minimum atomic E-state index is -1.11. The minimum Gasteiger partial charge on any atom is -0.480 e. The van der Waals surface area contributed by atoms with E-state index in [2.05, 4.69) is 10.3 Å².